The number of carbonyl (C=O) groups is 2. The minimum Gasteiger partial charge on any atom is -0.463 e. The van der Waals surface area contributed by atoms with Gasteiger partial charge >= 0.3 is 0 Å². The number of benzene rings is 1. The Bertz CT molecular complexity index is 1240. The summed E-state index contributed by atoms with van der Waals surface area (Å²) >= 11 is 7.09. The van der Waals surface area contributed by atoms with E-state index in [-0.39, 0.29) is 23.7 Å². The fourth-order valence-electron chi connectivity index (χ4n) is 3.84. The summed E-state index contributed by atoms with van der Waals surface area (Å²) in [6.07, 6.45) is 1.59. The van der Waals surface area contributed by atoms with Crippen molar-refractivity contribution in [2.45, 2.75) is 13.1 Å². The topological polar surface area (TPSA) is 98.6 Å². The molecule has 2 aromatic heterocycles. The monoisotopic (exact) mass is 467 g/mol. The number of amides is 2. The fourth-order valence-corrected chi connectivity index (χ4v) is 4.78. The number of nitrogens with zero attached hydrogens (tertiary/aromatic N) is 3. The molecule has 2 aliphatic heterocycles. The molecule has 0 atom stereocenters. The number of hydrogen-bond acceptors (Lipinski definition) is 6. The van der Waals surface area contributed by atoms with Crippen molar-refractivity contribution < 1.29 is 14.3 Å². The van der Waals surface area contributed by atoms with Gasteiger partial charge in [-0.05, 0) is 41.5 Å². The van der Waals surface area contributed by atoms with E-state index in [1.807, 2.05) is 24.3 Å². The first-order valence-electron chi connectivity index (χ1n) is 9.91. The number of thiophene rings is 1. The highest BCUT2D eigenvalue weighted by Gasteiger charge is 2.32. The summed E-state index contributed by atoms with van der Waals surface area (Å²) in [6.45, 7) is 1.94. The van der Waals surface area contributed by atoms with Crippen molar-refractivity contribution in [1.29, 1.82) is 5.41 Å². The maximum atomic E-state index is 13.2. The van der Waals surface area contributed by atoms with Crippen LogP contribution in [0.3, 0.4) is 0 Å². The van der Waals surface area contributed by atoms with Gasteiger partial charge in [0.25, 0.3) is 17.8 Å². The average Bonchev–Trinajstić information content (AvgIpc) is 3.48. The van der Waals surface area contributed by atoms with Crippen LogP contribution in [0.15, 0.2) is 48.7 Å². The van der Waals surface area contributed by atoms with Crippen LogP contribution in [0.4, 0.5) is 11.5 Å². The summed E-state index contributed by atoms with van der Waals surface area (Å²) in [4.78, 5) is 33.9. The standard InChI is InChI=1S/C22H18ClN5O3S/c23-17-5-4-16(32-17)20(29)26-19-18-14(6-7-25-19)12-27(21(18)30)11-13-2-1-3-15(10-13)28-8-9-31-22(28)24/h1-7,10,24H,8-9,11-12H2,(H,25,26,29). The molecule has 5 rings (SSSR count). The smallest absolute Gasteiger partial charge is 0.289 e. The van der Waals surface area contributed by atoms with E-state index in [9.17, 15) is 9.59 Å². The highest BCUT2D eigenvalue weighted by Crippen LogP contribution is 2.31. The molecule has 0 unspecified atom stereocenters. The van der Waals surface area contributed by atoms with Crippen molar-refractivity contribution in [3.63, 3.8) is 0 Å². The number of ether oxygens (including phenoxy) is 1. The molecule has 3 aromatic rings. The fraction of sp³-hybridized carbons (Fsp3) is 0.182. The van der Waals surface area contributed by atoms with Gasteiger partial charge in [-0.25, -0.2) is 4.98 Å². The molecule has 162 valence electrons. The number of pyridine rings is 1. The Kier molecular flexibility index (Phi) is 5.28. The van der Waals surface area contributed by atoms with E-state index in [0.29, 0.717) is 41.0 Å². The lowest BCUT2D eigenvalue weighted by Gasteiger charge is -2.19. The van der Waals surface area contributed by atoms with Crippen LogP contribution in [0.1, 0.15) is 31.2 Å². The number of hydrogen-bond donors (Lipinski definition) is 2. The number of nitrogens with one attached hydrogen (secondary N) is 2. The summed E-state index contributed by atoms with van der Waals surface area (Å²) in [7, 11) is 0. The first-order valence-corrected chi connectivity index (χ1v) is 11.1. The quantitative estimate of drug-likeness (QED) is 0.591. The van der Waals surface area contributed by atoms with Crippen LogP contribution in [0.2, 0.25) is 4.34 Å². The predicted molar refractivity (Wildman–Crippen MR) is 123 cm³/mol. The number of anilines is 2. The Morgan fingerprint density at radius 2 is 2.16 bits per heavy atom. The zero-order valence-corrected chi connectivity index (χ0v) is 18.4. The molecule has 0 aliphatic carbocycles. The molecule has 10 heteroatoms. The van der Waals surface area contributed by atoms with Gasteiger partial charge in [0, 0.05) is 25.0 Å². The number of fused-ring (bicyclic) bond motifs is 1. The third kappa shape index (κ3) is 3.80. The van der Waals surface area contributed by atoms with Crippen molar-refractivity contribution >= 4 is 52.3 Å². The average molecular weight is 468 g/mol. The summed E-state index contributed by atoms with van der Waals surface area (Å²) in [6, 6.07) is 12.9. The van der Waals surface area contributed by atoms with Crippen LogP contribution in [0.5, 0.6) is 0 Å². The molecule has 32 heavy (non-hydrogen) atoms. The zero-order valence-electron chi connectivity index (χ0n) is 16.8. The van der Waals surface area contributed by atoms with E-state index in [1.54, 1.807) is 34.2 Å². The van der Waals surface area contributed by atoms with E-state index in [0.717, 1.165) is 16.8 Å². The molecule has 2 aliphatic rings. The van der Waals surface area contributed by atoms with Crippen LogP contribution in [0, 0.1) is 5.41 Å². The Hall–Kier alpha value is -3.43. The van der Waals surface area contributed by atoms with Crippen molar-refractivity contribution in [2.75, 3.05) is 23.4 Å². The molecule has 0 saturated carbocycles. The highest BCUT2D eigenvalue weighted by molar-refractivity contribution is 7.18. The molecule has 1 aromatic carbocycles. The first-order chi connectivity index (χ1) is 15.5. The molecule has 1 saturated heterocycles. The maximum Gasteiger partial charge on any atom is 0.289 e. The molecule has 1 fully saturated rings. The third-order valence-corrected chi connectivity index (χ3v) is 6.55. The van der Waals surface area contributed by atoms with Crippen LogP contribution in [0.25, 0.3) is 0 Å². The second-order valence-electron chi connectivity index (χ2n) is 7.39. The lowest BCUT2D eigenvalue weighted by molar-refractivity contribution is 0.0767. The van der Waals surface area contributed by atoms with Gasteiger partial charge < -0.3 is 15.0 Å². The van der Waals surface area contributed by atoms with Crippen molar-refractivity contribution in [3.05, 3.63) is 74.6 Å². The molecule has 0 radical (unpaired) electrons. The number of rotatable bonds is 5. The maximum absolute atomic E-state index is 13.2. The van der Waals surface area contributed by atoms with Crippen LogP contribution >= 0.6 is 22.9 Å². The van der Waals surface area contributed by atoms with E-state index >= 15 is 0 Å². The summed E-state index contributed by atoms with van der Waals surface area (Å²) < 4.78 is 5.74. The summed E-state index contributed by atoms with van der Waals surface area (Å²) in [5.74, 6) is -0.284. The predicted octanol–water partition coefficient (Wildman–Crippen LogP) is 3.98. The van der Waals surface area contributed by atoms with Gasteiger partial charge in [-0.1, -0.05) is 23.7 Å². The zero-order chi connectivity index (χ0) is 22.2. The number of amidine groups is 1. The van der Waals surface area contributed by atoms with Gasteiger partial charge in [0.2, 0.25) is 0 Å². The van der Waals surface area contributed by atoms with Gasteiger partial charge in [0.05, 0.1) is 21.3 Å². The van der Waals surface area contributed by atoms with E-state index in [4.69, 9.17) is 21.7 Å². The summed E-state index contributed by atoms with van der Waals surface area (Å²) in [5, 5.41) is 10.6. The Morgan fingerprint density at radius 3 is 2.91 bits per heavy atom. The van der Waals surface area contributed by atoms with Gasteiger partial charge in [0.15, 0.2) is 0 Å². The third-order valence-electron chi connectivity index (χ3n) is 5.32. The van der Waals surface area contributed by atoms with Crippen molar-refractivity contribution in [2.24, 2.45) is 0 Å². The van der Waals surface area contributed by atoms with Gasteiger partial charge in [-0.15, -0.1) is 11.3 Å². The number of carbonyl (C=O) groups excluding carboxylic acids is 2. The van der Waals surface area contributed by atoms with Gasteiger partial charge in [0.1, 0.15) is 12.4 Å². The second kappa shape index (κ2) is 8.25. The molecule has 2 amide bonds. The van der Waals surface area contributed by atoms with E-state index in [1.165, 1.54) is 11.3 Å². The Labute approximate surface area is 192 Å². The molecular weight excluding hydrogens is 450 g/mol. The van der Waals surface area contributed by atoms with Crippen LogP contribution in [-0.4, -0.2) is 40.9 Å². The summed E-state index contributed by atoms with van der Waals surface area (Å²) in [5.41, 5.74) is 3.03. The molecule has 0 bridgehead atoms. The Balaban J connectivity index is 1.34. The minimum absolute atomic E-state index is 0.130. The SMILES string of the molecule is N=C1OCCN1c1cccc(CN2Cc3ccnc(NC(=O)c4ccc(Cl)s4)c3C2=O)c1. The van der Waals surface area contributed by atoms with Gasteiger partial charge in [-0.2, -0.15) is 0 Å². The highest BCUT2D eigenvalue weighted by atomic mass is 35.5. The number of aromatic nitrogens is 1. The molecule has 4 heterocycles. The van der Waals surface area contributed by atoms with Crippen LogP contribution < -0.4 is 10.2 Å². The minimum atomic E-state index is -0.350. The largest absolute Gasteiger partial charge is 0.463 e. The Morgan fingerprint density at radius 1 is 1.28 bits per heavy atom. The normalized spacial score (nSPS) is 15.2. The lowest BCUT2D eigenvalue weighted by atomic mass is 10.1. The molecule has 0 spiro atoms. The number of halogens is 1. The molecule has 8 nitrogen and oxygen atoms in total. The molecule has 2 N–H and O–H groups in total. The van der Waals surface area contributed by atoms with Crippen molar-refractivity contribution in [1.82, 2.24) is 9.88 Å². The van der Waals surface area contributed by atoms with Crippen molar-refractivity contribution in [3.8, 4) is 0 Å². The lowest BCUT2D eigenvalue weighted by Crippen LogP contribution is -2.26. The van der Waals surface area contributed by atoms with E-state index < -0.39 is 0 Å². The van der Waals surface area contributed by atoms with Crippen LogP contribution in [-0.2, 0) is 17.8 Å². The van der Waals surface area contributed by atoms with Gasteiger partial charge in [-0.3, -0.25) is 19.9 Å². The second-order valence-corrected chi connectivity index (χ2v) is 9.10. The molecular formula is C22H18ClN5O3S. The van der Waals surface area contributed by atoms with E-state index in [2.05, 4.69) is 10.3 Å². The first kappa shape index (κ1) is 20.5.